The van der Waals surface area contributed by atoms with Crippen molar-refractivity contribution in [2.24, 2.45) is 0 Å². The Morgan fingerprint density at radius 3 is 2.52 bits per heavy atom. The van der Waals surface area contributed by atoms with E-state index in [4.69, 9.17) is 32.4 Å². The summed E-state index contributed by atoms with van der Waals surface area (Å²) >= 11 is 13.5. The Labute approximate surface area is 242 Å². The number of hydrogen-bond donors (Lipinski definition) is 1. The second kappa shape index (κ2) is 11.7. The molecule has 2 heterocycles. The van der Waals surface area contributed by atoms with Crippen LogP contribution in [0.15, 0.2) is 94.1 Å². The number of amides is 1. The van der Waals surface area contributed by atoms with Crippen LogP contribution >= 0.6 is 34.5 Å². The first-order valence-electron chi connectivity index (χ1n) is 11.8. The summed E-state index contributed by atoms with van der Waals surface area (Å²) in [5.41, 5.74) is 0.852. The summed E-state index contributed by atoms with van der Waals surface area (Å²) in [6.07, 6.45) is 1.56. The van der Waals surface area contributed by atoms with E-state index < -0.39 is 11.5 Å². The maximum atomic E-state index is 13.7. The molecular weight excluding hydrogens is 569 g/mol. The number of carbonyl (C=O) groups excluding carboxylic acids is 1. The molecule has 0 saturated heterocycles. The van der Waals surface area contributed by atoms with Gasteiger partial charge in [0.05, 0.1) is 33.1 Å². The lowest BCUT2D eigenvalue weighted by Gasteiger charge is -2.09. The van der Waals surface area contributed by atoms with Crippen LogP contribution in [-0.4, -0.2) is 17.6 Å². The van der Waals surface area contributed by atoms with Gasteiger partial charge in [-0.2, -0.15) is 5.26 Å². The molecule has 198 valence electrons. The van der Waals surface area contributed by atoms with Crippen LogP contribution in [0, 0.1) is 11.3 Å². The minimum Gasteiger partial charge on any atom is -0.495 e. The highest BCUT2D eigenvalue weighted by Crippen LogP contribution is 2.34. The van der Waals surface area contributed by atoms with E-state index in [1.807, 2.05) is 12.1 Å². The number of carbonyl (C=O) groups is 1. The highest BCUT2D eigenvalue weighted by molar-refractivity contribution is 7.07. The zero-order valence-corrected chi connectivity index (χ0v) is 23.2. The van der Waals surface area contributed by atoms with Gasteiger partial charge in [-0.15, -0.1) is 11.3 Å². The predicted molar refractivity (Wildman–Crippen MR) is 158 cm³/mol. The Hall–Kier alpha value is -4.55. The quantitative estimate of drug-likeness (QED) is 0.278. The second-order valence-corrected chi connectivity index (χ2v) is 10.2. The number of halogens is 2. The van der Waals surface area contributed by atoms with Crippen molar-refractivity contribution in [1.82, 2.24) is 4.57 Å². The van der Waals surface area contributed by atoms with Gasteiger partial charge in [-0.1, -0.05) is 59.6 Å². The van der Waals surface area contributed by atoms with Gasteiger partial charge in [0.1, 0.15) is 28.0 Å². The normalized spacial score (nSPS) is 12.1. The van der Waals surface area contributed by atoms with Crippen molar-refractivity contribution in [1.29, 1.82) is 5.26 Å². The van der Waals surface area contributed by atoms with Crippen LogP contribution in [0.5, 0.6) is 5.75 Å². The van der Waals surface area contributed by atoms with E-state index in [1.165, 1.54) is 11.7 Å². The number of nitrogens with one attached hydrogen (secondary N) is 1. The monoisotopic (exact) mass is 587 g/mol. The summed E-state index contributed by atoms with van der Waals surface area (Å²) in [6, 6.07) is 26.2. The molecule has 0 radical (unpaired) electrons. The van der Waals surface area contributed by atoms with E-state index in [-0.39, 0.29) is 14.8 Å². The third-order valence-corrected chi connectivity index (χ3v) is 7.77. The number of nitrogens with zero attached hydrogens (tertiary/aromatic N) is 2. The van der Waals surface area contributed by atoms with Gasteiger partial charge in [0.15, 0.2) is 5.57 Å². The highest BCUT2D eigenvalue weighted by Gasteiger charge is 2.19. The van der Waals surface area contributed by atoms with Gasteiger partial charge in [-0.3, -0.25) is 14.2 Å². The molecule has 5 rings (SSSR count). The van der Waals surface area contributed by atoms with E-state index in [9.17, 15) is 14.9 Å². The van der Waals surface area contributed by atoms with Gasteiger partial charge in [0.2, 0.25) is 0 Å². The zero-order chi connectivity index (χ0) is 28.2. The smallest absolute Gasteiger partial charge is 0.273 e. The molecule has 0 saturated carbocycles. The molecule has 3 aromatic carbocycles. The van der Waals surface area contributed by atoms with E-state index in [2.05, 4.69) is 5.32 Å². The Kier molecular flexibility index (Phi) is 7.89. The third-order valence-electron chi connectivity index (χ3n) is 5.86. The van der Waals surface area contributed by atoms with Crippen LogP contribution < -0.4 is 24.8 Å². The number of hydrogen-bond acceptors (Lipinski definition) is 6. The predicted octanol–water partition coefficient (Wildman–Crippen LogP) is 5.62. The second-order valence-electron chi connectivity index (χ2n) is 8.34. The minimum atomic E-state index is -0.680. The zero-order valence-electron chi connectivity index (χ0n) is 20.9. The third kappa shape index (κ3) is 5.31. The number of benzene rings is 3. The van der Waals surface area contributed by atoms with E-state index in [0.717, 1.165) is 11.3 Å². The first-order valence-corrected chi connectivity index (χ1v) is 13.4. The average Bonchev–Trinajstić information content (AvgIpc) is 3.56. The summed E-state index contributed by atoms with van der Waals surface area (Å²) in [6.45, 7) is 0. The molecule has 0 aliphatic heterocycles. The number of thiazole rings is 1. The van der Waals surface area contributed by atoms with Crippen LogP contribution in [0.25, 0.3) is 28.7 Å². The van der Waals surface area contributed by atoms with Gasteiger partial charge < -0.3 is 14.5 Å². The SMILES string of the molecule is COc1ccccc1NC(=O)/C(C#N)=c1\s/c(=C\c2ccc(-c3cccc(Cl)c3Cl)o2)c(=O)n1-c1ccccc1. The molecule has 0 aliphatic rings. The summed E-state index contributed by atoms with van der Waals surface area (Å²) < 4.78 is 13.0. The van der Waals surface area contributed by atoms with Crippen LogP contribution in [0.3, 0.4) is 0 Å². The lowest BCUT2D eigenvalue weighted by molar-refractivity contribution is -0.111. The van der Waals surface area contributed by atoms with E-state index >= 15 is 0 Å². The molecular formula is C30H19Cl2N3O4S. The van der Waals surface area contributed by atoms with Gasteiger partial charge in [-0.05, 0) is 48.5 Å². The number of ether oxygens (including phenoxy) is 1. The summed E-state index contributed by atoms with van der Waals surface area (Å²) in [5.74, 6) is 0.607. The fourth-order valence-electron chi connectivity index (χ4n) is 3.99. The van der Waals surface area contributed by atoms with Gasteiger partial charge in [0, 0.05) is 11.6 Å². The Morgan fingerprint density at radius 2 is 1.77 bits per heavy atom. The van der Waals surface area contributed by atoms with Crippen LogP contribution in [0.2, 0.25) is 10.0 Å². The summed E-state index contributed by atoms with van der Waals surface area (Å²) in [7, 11) is 1.48. The van der Waals surface area contributed by atoms with Gasteiger partial charge >= 0.3 is 0 Å². The lowest BCUT2D eigenvalue weighted by atomic mass is 10.2. The summed E-state index contributed by atoms with van der Waals surface area (Å²) in [4.78, 5) is 27.0. The first kappa shape index (κ1) is 27.0. The molecule has 10 heteroatoms. The number of aromatic nitrogens is 1. The molecule has 5 aromatic rings. The lowest BCUT2D eigenvalue weighted by Crippen LogP contribution is -2.32. The van der Waals surface area contributed by atoms with Crippen molar-refractivity contribution in [3.05, 3.63) is 120 Å². The summed E-state index contributed by atoms with van der Waals surface area (Å²) in [5, 5.41) is 13.5. The number of para-hydroxylation sites is 3. The van der Waals surface area contributed by atoms with Gasteiger partial charge in [-0.25, -0.2) is 0 Å². The Balaban J connectivity index is 1.67. The number of nitriles is 1. The molecule has 2 aromatic heterocycles. The topological polar surface area (TPSA) is 97.3 Å². The maximum Gasteiger partial charge on any atom is 0.273 e. The van der Waals surface area contributed by atoms with E-state index in [1.54, 1.807) is 84.9 Å². The average molecular weight is 588 g/mol. The molecule has 0 unspecified atom stereocenters. The van der Waals surface area contributed by atoms with Crippen molar-refractivity contribution >= 4 is 57.8 Å². The molecule has 40 heavy (non-hydrogen) atoms. The molecule has 0 atom stereocenters. The first-order chi connectivity index (χ1) is 19.4. The molecule has 0 bridgehead atoms. The largest absolute Gasteiger partial charge is 0.495 e. The van der Waals surface area contributed by atoms with Crippen molar-refractivity contribution < 1.29 is 13.9 Å². The van der Waals surface area contributed by atoms with E-state index in [0.29, 0.717) is 44.3 Å². The van der Waals surface area contributed by atoms with Crippen molar-refractivity contribution in [2.45, 2.75) is 0 Å². The number of rotatable bonds is 6. The Morgan fingerprint density at radius 1 is 1.02 bits per heavy atom. The fourth-order valence-corrected chi connectivity index (χ4v) is 5.46. The van der Waals surface area contributed by atoms with Crippen molar-refractivity contribution in [3.8, 4) is 28.8 Å². The van der Waals surface area contributed by atoms with Crippen molar-refractivity contribution in [3.63, 3.8) is 0 Å². The molecule has 1 amide bonds. The molecule has 0 spiro atoms. The highest BCUT2D eigenvalue weighted by atomic mass is 35.5. The number of furan rings is 1. The number of anilines is 1. The maximum absolute atomic E-state index is 13.7. The standard InChI is InChI=1S/C30H19Cl2N3O4S/c1-38-25-13-6-5-12-23(25)34-28(36)21(17-33)30-35(18-8-3-2-4-9-18)29(37)26(40-30)16-19-14-15-24(39-19)20-10-7-11-22(31)27(20)32/h2-16H,1H3,(H,34,36)/b26-16-,30-21-. The van der Waals surface area contributed by atoms with Crippen molar-refractivity contribution in [2.75, 3.05) is 12.4 Å². The fraction of sp³-hybridized carbons (Fsp3) is 0.0333. The molecule has 0 aliphatic carbocycles. The minimum absolute atomic E-state index is 0.169. The van der Waals surface area contributed by atoms with Crippen LogP contribution in [0.1, 0.15) is 5.76 Å². The Bertz CT molecular complexity index is 1950. The van der Waals surface area contributed by atoms with Gasteiger partial charge in [0.25, 0.3) is 11.5 Å². The van der Waals surface area contributed by atoms with Crippen LogP contribution in [-0.2, 0) is 4.79 Å². The number of methoxy groups -OCH3 is 1. The molecule has 0 fully saturated rings. The molecule has 1 N–H and O–H groups in total. The van der Waals surface area contributed by atoms with Crippen LogP contribution in [0.4, 0.5) is 5.69 Å². The molecule has 7 nitrogen and oxygen atoms in total.